The van der Waals surface area contributed by atoms with Crippen molar-refractivity contribution in [3.63, 3.8) is 0 Å². The van der Waals surface area contributed by atoms with Gasteiger partial charge in [-0.3, -0.25) is 4.79 Å². The van der Waals surface area contributed by atoms with Crippen molar-refractivity contribution in [3.8, 4) is 0 Å². The van der Waals surface area contributed by atoms with Crippen molar-refractivity contribution in [2.75, 3.05) is 0 Å². The van der Waals surface area contributed by atoms with E-state index in [0.717, 1.165) is 0 Å². The van der Waals surface area contributed by atoms with Crippen LogP contribution in [-0.4, -0.2) is 18.1 Å². The van der Waals surface area contributed by atoms with Crippen LogP contribution in [0.25, 0.3) is 0 Å². The fraction of sp³-hybridized carbons (Fsp3) is 0.909. The molecule has 1 unspecified atom stereocenters. The van der Waals surface area contributed by atoms with Crippen LogP contribution in [0.4, 0.5) is 26.3 Å². The first-order chi connectivity index (χ1) is 7.85. The quantitative estimate of drug-likeness (QED) is 0.682. The van der Waals surface area contributed by atoms with E-state index in [1.807, 2.05) is 0 Å². The standard InChI is InChI=1S/C11H16F6O/c1-6(2)4-7(3)5-8(18)9(10(12,13)14)11(15,16)17/h6-7,9H,4-5H2,1-3H3. The summed E-state index contributed by atoms with van der Waals surface area (Å²) in [5.74, 6) is -6.05. The maximum Gasteiger partial charge on any atom is 0.407 e. The lowest BCUT2D eigenvalue weighted by atomic mass is 9.89. The molecule has 7 heteroatoms. The number of hydrogen-bond donors (Lipinski definition) is 0. The first-order valence-corrected chi connectivity index (χ1v) is 5.51. The second-order valence-electron chi connectivity index (χ2n) is 4.92. The van der Waals surface area contributed by atoms with Crippen LogP contribution in [0.1, 0.15) is 33.6 Å². The number of rotatable bonds is 5. The van der Waals surface area contributed by atoms with E-state index in [9.17, 15) is 31.1 Å². The number of carbonyl (C=O) groups excluding carboxylic acids is 1. The molecule has 108 valence electrons. The third-order valence-electron chi connectivity index (χ3n) is 2.40. The molecule has 0 saturated carbocycles. The SMILES string of the molecule is CC(C)CC(C)CC(=O)C(C(F)(F)F)C(F)(F)F. The highest BCUT2D eigenvalue weighted by Gasteiger charge is 2.60. The normalized spacial score (nSPS) is 15.3. The van der Waals surface area contributed by atoms with Crippen LogP contribution < -0.4 is 0 Å². The minimum Gasteiger partial charge on any atom is -0.299 e. The monoisotopic (exact) mass is 278 g/mol. The molecule has 0 aromatic carbocycles. The third-order valence-corrected chi connectivity index (χ3v) is 2.40. The molecular formula is C11H16F6O. The van der Waals surface area contributed by atoms with Gasteiger partial charge >= 0.3 is 12.4 Å². The minimum absolute atomic E-state index is 0.114. The number of carbonyl (C=O) groups is 1. The van der Waals surface area contributed by atoms with Crippen molar-refractivity contribution in [2.24, 2.45) is 17.8 Å². The second-order valence-corrected chi connectivity index (χ2v) is 4.92. The van der Waals surface area contributed by atoms with Crippen LogP contribution >= 0.6 is 0 Å². The molecular weight excluding hydrogens is 262 g/mol. The molecule has 0 saturated heterocycles. The van der Waals surface area contributed by atoms with E-state index < -0.39 is 36.4 Å². The summed E-state index contributed by atoms with van der Waals surface area (Å²) in [5.41, 5.74) is 0. The molecule has 0 heterocycles. The Morgan fingerprint density at radius 1 is 0.944 bits per heavy atom. The van der Waals surface area contributed by atoms with Crippen molar-refractivity contribution in [1.82, 2.24) is 0 Å². The molecule has 0 aromatic rings. The average molecular weight is 278 g/mol. The van der Waals surface area contributed by atoms with E-state index in [1.54, 1.807) is 13.8 Å². The van der Waals surface area contributed by atoms with Gasteiger partial charge < -0.3 is 0 Å². The van der Waals surface area contributed by atoms with Crippen LogP contribution in [0.15, 0.2) is 0 Å². The zero-order valence-electron chi connectivity index (χ0n) is 10.3. The highest BCUT2D eigenvalue weighted by Crippen LogP contribution is 2.41. The predicted octanol–water partition coefficient (Wildman–Crippen LogP) is 4.37. The molecule has 0 aliphatic rings. The first-order valence-electron chi connectivity index (χ1n) is 5.51. The van der Waals surface area contributed by atoms with E-state index in [1.165, 1.54) is 6.92 Å². The van der Waals surface area contributed by atoms with Crippen molar-refractivity contribution in [2.45, 2.75) is 46.0 Å². The number of Topliss-reactive ketones (excluding diaryl/α,β-unsaturated/α-hetero) is 1. The number of alkyl halides is 6. The van der Waals surface area contributed by atoms with Gasteiger partial charge in [0.1, 0.15) is 0 Å². The van der Waals surface area contributed by atoms with Gasteiger partial charge in [0.15, 0.2) is 5.78 Å². The van der Waals surface area contributed by atoms with Gasteiger partial charge in [-0.2, -0.15) is 26.3 Å². The lowest BCUT2D eigenvalue weighted by molar-refractivity contribution is -0.273. The van der Waals surface area contributed by atoms with Gasteiger partial charge in [-0.25, -0.2) is 0 Å². The molecule has 1 nitrogen and oxygen atoms in total. The Hall–Kier alpha value is -0.750. The van der Waals surface area contributed by atoms with E-state index in [0.29, 0.717) is 6.42 Å². The van der Waals surface area contributed by atoms with Crippen molar-refractivity contribution in [1.29, 1.82) is 0 Å². The molecule has 0 aliphatic heterocycles. The largest absolute Gasteiger partial charge is 0.407 e. The molecule has 1 atom stereocenters. The van der Waals surface area contributed by atoms with Crippen LogP contribution in [0.2, 0.25) is 0 Å². The Kier molecular flexibility index (Phi) is 5.68. The minimum atomic E-state index is -5.58. The second kappa shape index (κ2) is 5.93. The Bertz CT molecular complexity index is 264. The molecule has 0 fully saturated rings. The van der Waals surface area contributed by atoms with Crippen LogP contribution in [-0.2, 0) is 4.79 Å². The van der Waals surface area contributed by atoms with Gasteiger partial charge in [0, 0.05) is 6.42 Å². The summed E-state index contributed by atoms with van der Waals surface area (Å²) in [5, 5.41) is 0. The number of ketones is 1. The Labute approximate surface area is 102 Å². The number of halogens is 6. The maximum absolute atomic E-state index is 12.2. The highest BCUT2D eigenvalue weighted by atomic mass is 19.4. The summed E-state index contributed by atoms with van der Waals surface area (Å²) in [7, 11) is 0. The van der Waals surface area contributed by atoms with E-state index in [4.69, 9.17) is 0 Å². The van der Waals surface area contributed by atoms with E-state index >= 15 is 0 Å². The van der Waals surface area contributed by atoms with Crippen molar-refractivity contribution < 1.29 is 31.1 Å². The number of hydrogen-bond acceptors (Lipinski definition) is 1. The molecule has 18 heavy (non-hydrogen) atoms. The Morgan fingerprint density at radius 3 is 1.61 bits per heavy atom. The van der Waals surface area contributed by atoms with Gasteiger partial charge in [0.2, 0.25) is 5.92 Å². The summed E-state index contributed by atoms with van der Waals surface area (Å²) >= 11 is 0. The fourth-order valence-electron chi connectivity index (χ4n) is 1.90. The van der Waals surface area contributed by atoms with E-state index in [-0.39, 0.29) is 5.92 Å². The summed E-state index contributed by atoms with van der Waals surface area (Å²) in [4.78, 5) is 11.2. The first kappa shape index (κ1) is 17.2. The van der Waals surface area contributed by atoms with Gasteiger partial charge in [-0.1, -0.05) is 20.8 Å². The van der Waals surface area contributed by atoms with Crippen molar-refractivity contribution in [3.05, 3.63) is 0 Å². The van der Waals surface area contributed by atoms with Gasteiger partial charge in [-0.15, -0.1) is 0 Å². The summed E-state index contributed by atoms with van der Waals surface area (Å²) < 4.78 is 73.4. The zero-order chi connectivity index (χ0) is 14.7. The van der Waals surface area contributed by atoms with Gasteiger partial charge in [-0.05, 0) is 18.3 Å². The topological polar surface area (TPSA) is 17.1 Å². The molecule has 0 radical (unpaired) electrons. The summed E-state index contributed by atoms with van der Waals surface area (Å²) in [6.45, 7) is 5.04. The lowest BCUT2D eigenvalue weighted by Gasteiger charge is -2.23. The zero-order valence-corrected chi connectivity index (χ0v) is 10.3. The third kappa shape index (κ3) is 5.73. The molecule has 0 N–H and O–H groups in total. The van der Waals surface area contributed by atoms with Gasteiger partial charge in [0.05, 0.1) is 0 Å². The highest BCUT2D eigenvalue weighted by molar-refractivity contribution is 5.82. The average Bonchev–Trinajstić information content (AvgIpc) is 1.93. The lowest BCUT2D eigenvalue weighted by Crippen LogP contribution is -2.42. The predicted molar refractivity (Wildman–Crippen MR) is 53.8 cm³/mol. The molecule has 0 amide bonds. The molecule has 0 rings (SSSR count). The maximum atomic E-state index is 12.2. The van der Waals surface area contributed by atoms with E-state index in [2.05, 4.69) is 0 Å². The van der Waals surface area contributed by atoms with Crippen LogP contribution in [0.3, 0.4) is 0 Å². The molecule has 0 aliphatic carbocycles. The Morgan fingerprint density at radius 2 is 1.33 bits per heavy atom. The summed E-state index contributed by atoms with van der Waals surface area (Å²) in [6.07, 6.45) is -11.4. The van der Waals surface area contributed by atoms with Crippen LogP contribution in [0.5, 0.6) is 0 Å². The van der Waals surface area contributed by atoms with Crippen LogP contribution in [0, 0.1) is 17.8 Å². The molecule has 0 aromatic heterocycles. The molecule has 0 spiro atoms. The summed E-state index contributed by atoms with van der Waals surface area (Å²) in [6, 6.07) is 0. The van der Waals surface area contributed by atoms with Crippen molar-refractivity contribution >= 4 is 5.78 Å². The Balaban J connectivity index is 4.80. The fourth-order valence-corrected chi connectivity index (χ4v) is 1.90. The van der Waals surface area contributed by atoms with Gasteiger partial charge in [0.25, 0.3) is 0 Å². The molecule has 0 bridgehead atoms. The smallest absolute Gasteiger partial charge is 0.299 e.